The Hall–Kier alpha value is -1.88. The summed E-state index contributed by atoms with van der Waals surface area (Å²) in [6.07, 6.45) is 4.53. The molecule has 0 bridgehead atoms. The zero-order valence-corrected chi connectivity index (χ0v) is 15.9. The Morgan fingerprint density at radius 1 is 1.27 bits per heavy atom. The number of fused-ring (bicyclic) bond motifs is 1. The van der Waals surface area contributed by atoms with Crippen LogP contribution in [0.2, 0.25) is 0 Å². The predicted octanol–water partition coefficient (Wildman–Crippen LogP) is 2.23. The zero-order valence-electron chi connectivity index (χ0n) is 15.9. The van der Waals surface area contributed by atoms with Crippen molar-refractivity contribution in [2.45, 2.75) is 64.6 Å². The summed E-state index contributed by atoms with van der Waals surface area (Å²) in [7, 11) is 0. The Morgan fingerprint density at radius 2 is 2.00 bits per heavy atom. The number of rotatable bonds is 5. The lowest BCUT2D eigenvalue weighted by Gasteiger charge is -2.38. The molecular formula is C21H31N3O2. The number of hydrogen-bond donors (Lipinski definition) is 2. The molecule has 1 aromatic rings. The Labute approximate surface area is 156 Å². The lowest BCUT2D eigenvalue weighted by Crippen LogP contribution is -2.56. The first kappa shape index (κ1) is 18.9. The van der Waals surface area contributed by atoms with Crippen LogP contribution in [-0.2, 0) is 22.6 Å². The van der Waals surface area contributed by atoms with E-state index in [0.717, 1.165) is 31.2 Å². The third kappa shape index (κ3) is 3.78. The van der Waals surface area contributed by atoms with E-state index in [0.29, 0.717) is 25.4 Å². The fraction of sp³-hybridized carbons (Fsp3) is 0.619. The minimum atomic E-state index is -0.426. The monoisotopic (exact) mass is 357 g/mol. The van der Waals surface area contributed by atoms with Crippen molar-refractivity contribution in [1.82, 2.24) is 10.2 Å². The van der Waals surface area contributed by atoms with Crippen molar-refractivity contribution in [3.8, 4) is 0 Å². The summed E-state index contributed by atoms with van der Waals surface area (Å²) in [6, 6.07) is 7.84. The highest BCUT2D eigenvalue weighted by Gasteiger charge is 2.37. The minimum Gasteiger partial charge on any atom is -0.351 e. The zero-order chi connectivity index (χ0) is 18.7. The van der Waals surface area contributed by atoms with Crippen LogP contribution < -0.4 is 11.1 Å². The second-order valence-corrected chi connectivity index (χ2v) is 7.81. The van der Waals surface area contributed by atoms with Crippen LogP contribution in [0.25, 0.3) is 0 Å². The number of nitrogens with two attached hydrogens (primary N) is 1. The molecule has 2 aliphatic rings. The van der Waals surface area contributed by atoms with Crippen LogP contribution >= 0.6 is 0 Å². The molecule has 1 heterocycles. The van der Waals surface area contributed by atoms with Crippen molar-refractivity contribution in [2.75, 3.05) is 6.54 Å². The van der Waals surface area contributed by atoms with Crippen LogP contribution in [0.5, 0.6) is 0 Å². The van der Waals surface area contributed by atoms with E-state index in [1.54, 1.807) is 4.90 Å². The summed E-state index contributed by atoms with van der Waals surface area (Å²) in [4.78, 5) is 27.8. The molecule has 2 amide bonds. The van der Waals surface area contributed by atoms with E-state index >= 15 is 0 Å². The highest BCUT2D eigenvalue weighted by atomic mass is 16.2. The Morgan fingerprint density at radius 3 is 2.69 bits per heavy atom. The SMILES string of the molecule is CCC(C)C(=O)N1Cc2ccccc2CC1C(=O)NC1CCCC1CN. The van der Waals surface area contributed by atoms with E-state index in [4.69, 9.17) is 5.73 Å². The maximum Gasteiger partial charge on any atom is 0.243 e. The first-order chi connectivity index (χ1) is 12.5. The molecule has 1 aliphatic carbocycles. The van der Waals surface area contributed by atoms with Crippen LogP contribution in [0.1, 0.15) is 50.7 Å². The molecule has 0 aromatic heterocycles. The summed E-state index contributed by atoms with van der Waals surface area (Å²) >= 11 is 0. The molecule has 26 heavy (non-hydrogen) atoms. The smallest absolute Gasteiger partial charge is 0.243 e. The number of carbonyl (C=O) groups excluding carboxylic acids is 2. The largest absolute Gasteiger partial charge is 0.351 e. The van der Waals surface area contributed by atoms with Crippen LogP contribution in [0.3, 0.4) is 0 Å². The number of carbonyl (C=O) groups is 2. The maximum atomic E-state index is 13.1. The molecule has 4 unspecified atom stereocenters. The highest BCUT2D eigenvalue weighted by molar-refractivity contribution is 5.89. The van der Waals surface area contributed by atoms with Crippen LogP contribution in [-0.4, -0.2) is 35.3 Å². The molecule has 0 saturated heterocycles. The van der Waals surface area contributed by atoms with Gasteiger partial charge in [0.2, 0.25) is 11.8 Å². The molecule has 5 heteroatoms. The van der Waals surface area contributed by atoms with Crippen molar-refractivity contribution in [3.05, 3.63) is 35.4 Å². The van der Waals surface area contributed by atoms with Gasteiger partial charge in [-0.3, -0.25) is 9.59 Å². The number of nitrogens with one attached hydrogen (secondary N) is 1. The molecule has 1 saturated carbocycles. The van der Waals surface area contributed by atoms with Gasteiger partial charge in [0.1, 0.15) is 6.04 Å². The molecule has 1 aromatic carbocycles. The van der Waals surface area contributed by atoms with Crippen LogP contribution in [0.15, 0.2) is 24.3 Å². The molecule has 1 fully saturated rings. The fourth-order valence-electron chi connectivity index (χ4n) is 4.23. The lowest BCUT2D eigenvalue weighted by molar-refractivity contribution is -0.145. The average molecular weight is 357 g/mol. The predicted molar refractivity (Wildman–Crippen MR) is 102 cm³/mol. The van der Waals surface area contributed by atoms with Gasteiger partial charge in [-0.05, 0) is 42.9 Å². The first-order valence-corrected chi connectivity index (χ1v) is 9.92. The molecule has 142 valence electrons. The summed E-state index contributed by atoms with van der Waals surface area (Å²) in [5.41, 5.74) is 8.18. The fourth-order valence-corrected chi connectivity index (χ4v) is 4.23. The van der Waals surface area contributed by atoms with Crippen molar-refractivity contribution >= 4 is 11.8 Å². The minimum absolute atomic E-state index is 0.0264. The van der Waals surface area contributed by atoms with Crippen molar-refractivity contribution in [3.63, 3.8) is 0 Å². The highest BCUT2D eigenvalue weighted by Crippen LogP contribution is 2.28. The summed E-state index contributed by atoms with van der Waals surface area (Å²) < 4.78 is 0. The first-order valence-electron chi connectivity index (χ1n) is 9.92. The Bertz CT molecular complexity index is 660. The van der Waals surface area contributed by atoms with E-state index in [9.17, 15) is 9.59 Å². The number of benzene rings is 1. The van der Waals surface area contributed by atoms with Gasteiger partial charge in [-0.15, -0.1) is 0 Å². The van der Waals surface area contributed by atoms with Gasteiger partial charge in [-0.2, -0.15) is 0 Å². The third-order valence-corrected chi connectivity index (χ3v) is 6.16. The second kappa shape index (κ2) is 8.21. The molecule has 4 atom stereocenters. The van der Waals surface area contributed by atoms with Gasteiger partial charge in [-0.1, -0.05) is 44.5 Å². The van der Waals surface area contributed by atoms with Gasteiger partial charge in [-0.25, -0.2) is 0 Å². The van der Waals surface area contributed by atoms with Gasteiger partial charge < -0.3 is 16.0 Å². The third-order valence-electron chi connectivity index (χ3n) is 6.16. The average Bonchev–Trinajstić information content (AvgIpc) is 3.12. The molecular weight excluding hydrogens is 326 g/mol. The molecule has 5 nitrogen and oxygen atoms in total. The van der Waals surface area contributed by atoms with E-state index < -0.39 is 6.04 Å². The van der Waals surface area contributed by atoms with Gasteiger partial charge >= 0.3 is 0 Å². The van der Waals surface area contributed by atoms with Gasteiger partial charge in [0.15, 0.2) is 0 Å². The molecule has 0 radical (unpaired) electrons. The number of hydrogen-bond acceptors (Lipinski definition) is 3. The van der Waals surface area contributed by atoms with Crippen molar-refractivity contribution in [1.29, 1.82) is 0 Å². The number of nitrogens with zero attached hydrogens (tertiary/aromatic N) is 1. The van der Waals surface area contributed by atoms with Gasteiger partial charge in [0.05, 0.1) is 0 Å². The van der Waals surface area contributed by atoms with E-state index in [2.05, 4.69) is 17.4 Å². The quantitative estimate of drug-likeness (QED) is 0.848. The van der Waals surface area contributed by atoms with Crippen LogP contribution in [0.4, 0.5) is 0 Å². The summed E-state index contributed by atoms with van der Waals surface area (Å²) in [5, 5.41) is 3.21. The normalized spacial score (nSPS) is 26.3. The topological polar surface area (TPSA) is 75.4 Å². The molecule has 3 rings (SSSR count). The van der Waals surface area contributed by atoms with Crippen LogP contribution in [0, 0.1) is 11.8 Å². The number of amides is 2. The van der Waals surface area contributed by atoms with E-state index in [1.165, 1.54) is 5.56 Å². The Kier molecular flexibility index (Phi) is 5.97. The Balaban J connectivity index is 1.81. The van der Waals surface area contributed by atoms with E-state index in [-0.39, 0.29) is 23.8 Å². The lowest BCUT2D eigenvalue weighted by atomic mass is 9.91. The van der Waals surface area contributed by atoms with Gasteiger partial charge in [0.25, 0.3) is 0 Å². The standard InChI is InChI=1S/C21H31N3O2/c1-3-14(2)21(26)24-13-17-8-5-4-7-15(17)11-19(24)20(25)23-18-10-6-9-16(18)12-22/h4-5,7-8,14,16,18-19H,3,6,9-13,22H2,1-2H3,(H,23,25). The molecule has 3 N–H and O–H groups in total. The van der Waals surface area contributed by atoms with Crippen molar-refractivity contribution < 1.29 is 9.59 Å². The van der Waals surface area contributed by atoms with E-state index in [1.807, 2.05) is 26.0 Å². The summed E-state index contributed by atoms with van der Waals surface area (Å²) in [5.74, 6) is 0.331. The molecule has 0 spiro atoms. The van der Waals surface area contributed by atoms with Gasteiger partial charge in [0, 0.05) is 24.9 Å². The summed E-state index contributed by atoms with van der Waals surface area (Å²) in [6.45, 7) is 5.08. The van der Waals surface area contributed by atoms with Crippen molar-refractivity contribution in [2.24, 2.45) is 17.6 Å². The molecule has 1 aliphatic heterocycles. The maximum absolute atomic E-state index is 13.1. The second-order valence-electron chi connectivity index (χ2n) is 7.81.